The maximum atomic E-state index is 11.9. The first-order valence-corrected chi connectivity index (χ1v) is 7.43. The fourth-order valence-electron chi connectivity index (χ4n) is 1.87. The summed E-state index contributed by atoms with van der Waals surface area (Å²) in [5.74, 6) is 0.279. The summed E-state index contributed by atoms with van der Waals surface area (Å²) >= 11 is 1.40. The van der Waals surface area contributed by atoms with Crippen LogP contribution in [0.3, 0.4) is 0 Å². The quantitative estimate of drug-likeness (QED) is 0.465. The van der Waals surface area contributed by atoms with E-state index in [-0.39, 0.29) is 6.61 Å². The van der Waals surface area contributed by atoms with Crippen molar-refractivity contribution in [1.82, 2.24) is 4.98 Å². The number of aryl methyl sites for hydroxylation is 1. The minimum absolute atomic E-state index is 0.266. The molecule has 0 saturated carbocycles. The summed E-state index contributed by atoms with van der Waals surface area (Å²) in [6.45, 7) is 2.14. The minimum atomic E-state index is -0.466. The van der Waals surface area contributed by atoms with E-state index in [1.165, 1.54) is 31.8 Å². The van der Waals surface area contributed by atoms with Crippen LogP contribution in [0.4, 0.5) is 0 Å². The number of aromatic nitrogens is 1. The number of methoxy groups -OCH3 is 2. The van der Waals surface area contributed by atoms with Crippen LogP contribution >= 0.6 is 11.3 Å². The van der Waals surface area contributed by atoms with Crippen molar-refractivity contribution in [1.29, 1.82) is 0 Å². The first kappa shape index (κ1) is 16.0. The van der Waals surface area contributed by atoms with Crippen molar-refractivity contribution in [3.8, 4) is 5.75 Å². The maximum absolute atomic E-state index is 11.9. The molecule has 0 aliphatic heterocycles. The van der Waals surface area contributed by atoms with Gasteiger partial charge in [0.15, 0.2) is 0 Å². The molecule has 0 fully saturated rings. The van der Waals surface area contributed by atoms with Crippen LogP contribution in [-0.2, 0) is 20.9 Å². The van der Waals surface area contributed by atoms with Gasteiger partial charge < -0.3 is 14.2 Å². The number of hydrogen-bond donors (Lipinski definition) is 0. The molecule has 0 spiro atoms. The van der Waals surface area contributed by atoms with Crippen molar-refractivity contribution in [3.63, 3.8) is 0 Å². The molecule has 0 atom stereocenters. The Morgan fingerprint density at radius 3 is 2.64 bits per heavy atom. The van der Waals surface area contributed by atoms with Crippen molar-refractivity contribution >= 4 is 22.9 Å². The van der Waals surface area contributed by atoms with E-state index in [2.05, 4.69) is 4.98 Å². The molecule has 0 aliphatic rings. The van der Waals surface area contributed by atoms with Gasteiger partial charge in [-0.25, -0.2) is 9.78 Å². The molecule has 1 aromatic carbocycles. The molecule has 0 N–H and O–H groups in total. The van der Waals surface area contributed by atoms with Crippen LogP contribution < -0.4 is 4.74 Å². The van der Waals surface area contributed by atoms with Gasteiger partial charge in [0.1, 0.15) is 17.9 Å². The fourth-order valence-corrected chi connectivity index (χ4v) is 2.78. The summed E-state index contributed by atoms with van der Waals surface area (Å²) < 4.78 is 15.5. The molecule has 0 amide bonds. The van der Waals surface area contributed by atoms with Gasteiger partial charge in [0, 0.05) is 0 Å². The lowest BCUT2D eigenvalue weighted by Gasteiger charge is -2.07. The zero-order chi connectivity index (χ0) is 15.9. The van der Waals surface area contributed by atoms with Crippen molar-refractivity contribution in [2.75, 3.05) is 14.2 Å². The van der Waals surface area contributed by atoms with E-state index in [4.69, 9.17) is 14.2 Å². The average molecular weight is 319 g/mol. The van der Waals surface area contributed by atoms with Gasteiger partial charge in [-0.05, 0) is 19.1 Å². The number of para-hydroxylation sites is 1. The van der Waals surface area contributed by atoms with Crippen molar-refractivity contribution in [3.05, 3.63) is 52.2 Å². The smallest absolute Gasteiger partial charge is 0.342 e. The topological polar surface area (TPSA) is 57.7 Å². The zero-order valence-corrected chi connectivity index (χ0v) is 13.5. The second kappa shape index (κ2) is 7.61. The molecule has 0 bridgehead atoms. The molecular formula is C16H17NO4S. The molecule has 2 aromatic rings. The maximum Gasteiger partial charge on any atom is 0.342 e. The third kappa shape index (κ3) is 3.85. The second-order valence-corrected chi connectivity index (χ2v) is 5.57. The zero-order valence-electron chi connectivity index (χ0n) is 12.7. The normalized spacial score (nSPS) is 11.1. The fraction of sp³-hybridized carbons (Fsp3) is 0.250. The van der Waals surface area contributed by atoms with Crippen LogP contribution in [0, 0.1) is 6.92 Å². The Labute approximate surface area is 133 Å². The third-order valence-electron chi connectivity index (χ3n) is 2.81. The summed E-state index contributed by atoms with van der Waals surface area (Å²) in [5.41, 5.74) is 1.02. The van der Waals surface area contributed by atoms with Gasteiger partial charge in [-0.2, -0.15) is 0 Å². The molecule has 0 unspecified atom stereocenters. The number of benzene rings is 1. The molecule has 0 aliphatic carbocycles. The SMILES string of the molecule is COC=C(C(=O)OC)c1sc(C)nc1COc1ccccc1. The highest BCUT2D eigenvalue weighted by Crippen LogP contribution is 2.28. The monoisotopic (exact) mass is 319 g/mol. The molecule has 0 saturated heterocycles. The number of carbonyl (C=O) groups excluding carboxylic acids is 1. The summed E-state index contributed by atoms with van der Waals surface area (Å²) in [6, 6.07) is 9.44. The van der Waals surface area contributed by atoms with Crippen LogP contribution in [0.1, 0.15) is 15.6 Å². The lowest BCUT2D eigenvalue weighted by atomic mass is 10.2. The Kier molecular flexibility index (Phi) is 5.55. The number of thiazole rings is 1. The number of hydrogen-bond acceptors (Lipinski definition) is 6. The molecule has 116 valence electrons. The third-order valence-corrected chi connectivity index (χ3v) is 3.86. The van der Waals surface area contributed by atoms with E-state index in [1.807, 2.05) is 37.3 Å². The Balaban J connectivity index is 2.25. The molecule has 5 nitrogen and oxygen atoms in total. The van der Waals surface area contributed by atoms with Gasteiger partial charge in [0.05, 0.1) is 36.1 Å². The highest BCUT2D eigenvalue weighted by Gasteiger charge is 2.21. The Bertz CT molecular complexity index is 664. The highest BCUT2D eigenvalue weighted by atomic mass is 32.1. The molecule has 1 aromatic heterocycles. The van der Waals surface area contributed by atoms with Crippen LogP contribution in [0.25, 0.3) is 5.57 Å². The van der Waals surface area contributed by atoms with Crippen molar-refractivity contribution in [2.24, 2.45) is 0 Å². The van der Waals surface area contributed by atoms with E-state index >= 15 is 0 Å². The predicted octanol–water partition coefficient (Wildman–Crippen LogP) is 3.19. The van der Waals surface area contributed by atoms with Gasteiger partial charge in [0.25, 0.3) is 0 Å². The largest absolute Gasteiger partial charge is 0.503 e. The van der Waals surface area contributed by atoms with E-state index in [0.717, 1.165) is 10.8 Å². The van der Waals surface area contributed by atoms with Crippen LogP contribution in [0.5, 0.6) is 5.75 Å². The summed E-state index contributed by atoms with van der Waals surface area (Å²) in [6.07, 6.45) is 1.37. The van der Waals surface area contributed by atoms with Gasteiger partial charge in [0.2, 0.25) is 0 Å². The molecule has 0 radical (unpaired) electrons. The predicted molar refractivity (Wildman–Crippen MR) is 84.6 cm³/mol. The highest BCUT2D eigenvalue weighted by molar-refractivity contribution is 7.13. The van der Waals surface area contributed by atoms with Gasteiger partial charge in [-0.15, -0.1) is 11.3 Å². The minimum Gasteiger partial charge on any atom is -0.503 e. The first-order chi connectivity index (χ1) is 10.7. The van der Waals surface area contributed by atoms with Crippen LogP contribution in [-0.4, -0.2) is 25.2 Å². The van der Waals surface area contributed by atoms with Crippen molar-refractivity contribution in [2.45, 2.75) is 13.5 Å². The van der Waals surface area contributed by atoms with Gasteiger partial charge in [-0.3, -0.25) is 0 Å². The van der Waals surface area contributed by atoms with E-state index in [0.29, 0.717) is 16.1 Å². The Morgan fingerprint density at radius 2 is 2.00 bits per heavy atom. The molecule has 1 heterocycles. The first-order valence-electron chi connectivity index (χ1n) is 6.61. The number of ether oxygens (including phenoxy) is 3. The lowest BCUT2D eigenvalue weighted by molar-refractivity contribution is -0.133. The summed E-state index contributed by atoms with van der Waals surface area (Å²) in [7, 11) is 2.82. The number of carbonyl (C=O) groups is 1. The molecule has 22 heavy (non-hydrogen) atoms. The summed E-state index contributed by atoms with van der Waals surface area (Å²) in [5, 5.41) is 0.840. The number of nitrogens with zero attached hydrogens (tertiary/aromatic N) is 1. The van der Waals surface area contributed by atoms with Crippen LogP contribution in [0.2, 0.25) is 0 Å². The van der Waals surface area contributed by atoms with Gasteiger partial charge in [-0.1, -0.05) is 18.2 Å². The lowest BCUT2D eigenvalue weighted by Crippen LogP contribution is -2.06. The average Bonchev–Trinajstić information content (AvgIpc) is 2.91. The number of esters is 1. The Hall–Kier alpha value is -2.34. The van der Waals surface area contributed by atoms with Gasteiger partial charge >= 0.3 is 5.97 Å². The summed E-state index contributed by atoms with van der Waals surface area (Å²) in [4.78, 5) is 17.0. The standard InChI is InChI=1S/C16H17NO4S/c1-11-17-14(10-21-12-7-5-4-6-8-12)15(22-11)13(9-19-2)16(18)20-3/h4-9H,10H2,1-3H3. The second-order valence-electron chi connectivity index (χ2n) is 4.37. The molecular weight excluding hydrogens is 302 g/mol. The molecule has 2 rings (SSSR count). The Morgan fingerprint density at radius 1 is 1.27 bits per heavy atom. The van der Waals surface area contributed by atoms with E-state index in [1.54, 1.807) is 0 Å². The number of rotatable bonds is 6. The van der Waals surface area contributed by atoms with Crippen molar-refractivity contribution < 1.29 is 19.0 Å². The van der Waals surface area contributed by atoms with Crippen LogP contribution in [0.15, 0.2) is 36.6 Å². The van der Waals surface area contributed by atoms with E-state index < -0.39 is 5.97 Å². The molecule has 6 heteroatoms. The van der Waals surface area contributed by atoms with E-state index in [9.17, 15) is 4.79 Å².